The molecule has 1 unspecified atom stereocenters. The van der Waals surface area contributed by atoms with E-state index in [-0.39, 0.29) is 25.0 Å². The van der Waals surface area contributed by atoms with E-state index in [1.807, 2.05) is 12.1 Å². The van der Waals surface area contributed by atoms with Gasteiger partial charge in [0.15, 0.2) is 6.61 Å². The fraction of sp³-hybridized carbons (Fsp3) is 0.556. The second-order valence-electron chi connectivity index (χ2n) is 6.10. The van der Waals surface area contributed by atoms with Gasteiger partial charge in [-0.05, 0) is 30.5 Å². The largest absolute Gasteiger partial charge is 0.482 e. The second-order valence-corrected chi connectivity index (χ2v) is 7.02. The van der Waals surface area contributed by atoms with Crippen LogP contribution in [0, 0.1) is 5.92 Å². The molecule has 132 valence electrons. The van der Waals surface area contributed by atoms with Gasteiger partial charge in [-0.1, -0.05) is 49.0 Å². The number of nitrogens with zero attached hydrogens (tertiary/aromatic N) is 1. The average molecular weight is 397 g/mol. The second kappa shape index (κ2) is 9.06. The Balaban J connectivity index is 1.95. The zero-order valence-electron chi connectivity index (χ0n) is 14.3. The van der Waals surface area contributed by atoms with E-state index < -0.39 is 0 Å². The van der Waals surface area contributed by atoms with E-state index in [1.54, 1.807) is 6.07 Å². The first kappa shape index (κ1) is 18.8. The lowest BCUT2D eigenvalue weighted by molar-refractivity contribution is -0.125. The van der Waals surface area contributed by atoms with Gasteiger partial charge in [-0.15, -0.1) is 0 Å². The Labute approximate surface area is 151 Å². The maximum absolute atomic E-state index is 12.3. The topological polar surface area (TPSA) is 58.6 Å². The SMILES string of the molecule is CCCCC(CC)CNC(=O)CN1C(=O)COc2cc(Br)ccc21. The highest BCUT2D eigenvalue weighted by molar-refractivity contribution is 9.10. The highest BCUT2D eigenvalue weighted by Crippen LogP contribution is 2.34. The molecule has 0 aromatic heterocycles. The van der Waals surface area contributed by atoms with E-state index in [2.05, 4.69) is 35.1 Å². The summed E-state index contributed by atoms with van der Waals surface area (Å²) in [5.74, 6) is 0.788. The third kappa shape index (κ3) is 4.97. The lowest BCUT2D eigenvalue weighted by Gasteiger charge is -2.29. The molecule has 1 N–H and O–H groups in total. The van der Waals surface area contributed by atoms with Crippen LogP contribution in [0.15, 0.2) is 22.7 Å². The zero-order chi connectivity index (χ0) is 17.5. The fourth-order valence-corrected chi connectivity index (χ4v) is 3.09. The molecular weight excluding hydrogens is 372 g/mol. The number of carbonyl (C=O) groups is 2. The number of benzene rings is 1. The van der Waals surface area contributed by atoms with Gasteiger partial charge < -0.3 is 10.1 Å². The van der Waals surface area contributed by atoms with Crippen LogP contribution in [-0.2, 0) is 9.59 Å². The van der Waals surface area contributed by atoms with Gasteiger partial charge in [-0.2, -0.15) is 0 Å². The van der Waals surface area contributed by atoms with Gasteiger partial charge >= 0.3 is 0 Å². The van der Waals surface area contributed by atoms with Crippen molar-refractivity contribution in [2.45, 2.75) is 39.5 Å². The van der Waals surface area contributed by atoms with Crippen LogP contribution >= 0.6 is 15.9 Å². The van der Waals surface area contributed by atoms with Crippen LogP contribution < -0.4 is 15.0 Å². The van der Waals surface area contributed by atoms with Gasteiger partial charge in [0.05, 0.1) is 5.69 Å². The Bertz CT molecular complexity index is 592. The Kier molecular flexibility index (Phi) is 7.09. The summed E-state index contributed by atoms with van der Waals surface area (Å²) in [7, 11) is 0. The summed E-state index contributed by atoms with van der Waals surface area (Å²) >= 11 is 3.38. The molecule has 2 amide bonds. The van der Waals surface area contributed by atoms with Gasteiger partial charge in [-0.3, -0.25) is 14.5 Å². The Hall–Kier alpha value is -1.56. The smallest absolute Gasteiger partial charge is 0.265 e. The molecule has 2 rings (SSSR count). The van der Waals surface area contributed by atoms with Crippen LogP contribution in [0.1, 0.15) is 39.5 Å². The lowest BCUT2D eigenvalue weighted by Crippen LogP contribution is -2.45. The first-order valence-electron chi connectivity index (χ1n) is 8.54. The van der Waals surface area contributed by atoms with Crippen molar-refractivity contribution >= 4 is 33.4 Å². The van der Waals surface area contributed by atoms with Crippen LogP contribution in [0.5, 0.6) is 5.75 Å². The molecule has 1 aliphatic rings. The molecule has 6 heteroatoms. The number of rotatable bonds is 8. The molecule has 0 spiro atoms. The standard InChI is InChI=1S/C18H25BrN2O3/c1-3-5-6-13(4-2)10-20-17(22)11-21-15-8-7-14(19)9-16(15)24-12-18(21)23/h7-9,13H,3-6,10-12H2,1-2H3,(H,20,22). The number of anilines is 1. The first-order valence-corrected chi connectivity index (χ1v) is 9.33. The van der Waals surface area contributed by atoms with Crippen molar-refractivity contribution in [2.75, 3.05) is 24.6 Å². The van der Waals surface area contributed by atoms with E-state index in [1.165, 1.54) is 17.7 Å². The molecule has 24 heavy (non-hydrogen) atoms. The van der Waals surface area contributed by atoms with Crippen molar-refractivity contribution in [1.82, 2.24) is 5.32 Å². The van der Waals surface area contributed by atoms with E-state index in [0.717, 1.165) is 17.3 Å². The third-order valence-electron chi connectivity index (χ3n) is 4.30. The number of hydrogen-bond donors (Lipinski definition) is 1. The third-order valence-corrected chi connectivity index (χ3v) is 4.79. The lowest BCUT2D eigenvalue weighted by atomic mass is 9.99. The van der Waals surface area contributed by atoms with E-state index in [0.29, 0.717) is 23.9 Å². The summed E-state index contributed by atoms with van der Waals surface area (Å²) < 4.78 is 6.31. The minimum absolute atomic E-state index is 0.0288. The van der Waals surface area contributed by atoms with Gasteiger partial charge in [0.2, 0.25) is 5.91 Å². The molecule has 1 atom stereocenters. The van der Waals surface area contributed by atoms with Crippen molar-refractivity contribution in [3.63, 3.8) is 0 Å². The van der Waals surface area contributed by atoms with E-state index >= 15 is 0 Å². The first-order chi connectivity index (χ1) is 11.5. The predicted octanol–water partition coefficient (Wildman–Crippen LogP) is 3.51. The van der Waals surface area contributed by atoms with E-state index in [4.69, 9.17) is 4.74 Å². The fourth-order valence-electron chi connectivity index (χ4n) is 2.75. The molecule has 5 nitrogen and oxygen atoms in total. The van der Waals surface area contributed by atoms with Crippen LogP contribution in [0.4, 0.5) is 5.69 Å². The molecule has 0 bridgehead atoms. The summed E-state index contributed by atoms with van der Waals surface area (Å²) in [6, 6.07) is 5.44. The minimum Gasteiger partial charge on any atom is -0.482 e. The number of ether oxygens (including phenoxy) is 1. The summed E-state index contributed by atoms with van der Waals surface area (Å²) in [6.07, 6.45) is 4.52. The molecule has 0 saturated heterocycles. The summed E-state index contributed by atoms with van der Waals surface area (Å²) in [5, 5.41) is 2.97. The monoisotopic (exact) mass is 396 g/mol. The molecule has 1 aromatic carbocycles. The highest BCUT2D eigenvalue weighted by Gasteiger charge is 2.27. The molecular formula is C18H25BrN2O3. The summed E-state index contributed by atoms with van der Waals surface area (Å²) in [6.45, 7) is 4.98. The number of nitrogens with one attached hydrogen (secondary N) is 1. The normalized spacial score (nSPS) is 14.8. The molecule has 1 aromatic rings. The van der Waals surface area contributed by atoms with Crippen LogP contribution in [0.3, 0.4) is 0 Å². The molecule has 0 fully saturated rings. The quantitative estimate of drug-likeness (QED) is 0.731. The van der Waals surface area contributed by atoms with Gasteiger partial charge in [0.25, 0.3) is 5.91 Å². The number of amides is 2. The van der Waals surface area contributed by atoms with E-state index in [9.17, 15) is 9.59 Å². The van der Waals surface area contributed by atoms with Crippen LogP contribution in [-0.4, -0.2) is 31.5 Å². The number of hydrogen-bond acceptors (Lipinski definition) is 3. The summed E-state index contributed by atoms with van der Waals surface area (Å²) in [4.78, 5) is 25.9. The van der Waals surface area contributed by atoms with Crippen LogP contribution in [0.2, 0.25) is 0 Å². The maximum Gasteiger partial charge on any atom is 0.265 e. The van der Waals surface area contributed by atoms with Crippen LogP contribution in [0.25, 0.3) is 0 Å². The number of unbranched alkanes of at least 4 members (excludes halogenated alkanes) is 1. The van der Waals surface area contributed by atoms with Gasteiger partial charge in [-0.25, -0.2) is 0 Å². The van der Waals surface area contributed by atoms with Crippen molar-refractivity contribution < 1.29 is 14.3 Å². The molecule has 0 radical (unpaired) electrons. The minimum atomic E-state index is -0.196. The van der Waals surface area contributed by atoms with Crippen molar-refractivity contribution in [3.8, 4) is 5.75 Å². The van der Waals surface area contributed by atoms with Gasteiger partial charge in [0, 0.05) is 11.0 Å². The zero-order valence-corrected chi connectivity index (χ0v) is 15.9. The van der Waals surface area contributed by atoms with Crippen molar-refractivity contribution in [2.24, 2.45) is 5.92 Å². The summed E-state index contributed by atoms with van der Waals surface area (Å²) in [5.41, 5.74) is 0.641. The molecule has 1 heterocycles. The predicted molar refractivity (Wildman–Crippen MR) is 98.3 cm³/mol. The molecule has 1 aliphatic heterocycles. The molecule has 0 aliphatic carbocycles. The van der Waals surface area contributed by atoms with Gasteiger partial charge in [0.1, 0.15) is 12.3 Å². The van der Waals surface area contributed by atoms with Crippen molar-refractivity contribution in [3.05, 3.63) is 22.7 Å². The Morgan fingerprint density at radius 1 is 1.42 bits per heavy atom. The molecule has 0 saturated carbocycles. The Morgan fingerprint density at radius 2 is 2.21 bits per heavy atom. The Morgan fingerprint density at radius 3 is 2.92 bits per heavy atom. The number of halogens is 1. The number of carbonyl (C=O) groups excluding carboxylic acids is 2. The maximum atomic E-state index is 12.3. The van der Waals surface area contributed by atoms with Crippen molar-refractivity contribution in [1.29, 1.82) is 0 Å². The highest BCUT2D eigenvalue weighted by atomic mass is 79.9. The number of fused-ring (bicyclic) bond motifs is 1. The average Bonchev–Trinajstić information content (AvgIpc) is 2.57.